The van der Waals surface area contributed by atoms with Crippen molar-refractivity contribution in [2.45, 2.75) is 32.7 Å². The van der Waals surface area contributed by atoms with Crippen LogP contribution in [0.5, 0.6) is 0 Å². The topological polar surface area (TPSA) is 67.2 Å². The molecule has 2 amide bonds. The number of anilines is 1. The van der Waals surface area contributed by atoms with Crippen LogP contribution in [0.4, 0.5) is 5.69 Å². The van der Waals surface area contributed by atoms with Crippen molar-refractivity contribution in [1.82, 2.24) is 14.7 Å². The van der Waals surface area contributed by atoms with Gasteiger partial charge in [0.1, 0.15) is 0 Å². The first-order valence-electron chi connectivity index (χ1n) is 10.9. The van der Waals surface area contributed by atoms with Crippen molar-refractivity contribution >= 4 is 17.5 Å². The molecule has 6 heteroatoms. The van der Waals surface area contributed by atoms with Gasteiger partial charge in [0.2, 0.25) is 5.91 Å². The maximum Gasteiger partial charge on any atom is 0.257 e. The molecule has 160 valence electrons. The van der Waals surface area contributed by atoms with E-state index in [2.05, 4.69) is 29.5 Å². The minimum atomic E-state index is -0.0734. The highest BCUT2D eigenvalue weighted by molar-refractivity contribution is 5.96. The second kappa shape index (κ2) is 9.60. The lowest BCUT2D eigenvalue weighted by molar-refractivity contribution is -0.121. The fraction of sp³-hybridized carbons (Fsp3) is 0.320. The molecule has 1 fully saturated rings. The van der Waals surface area contributed by atoms with Gasteiger partial charge < -0.3 is 10.2 Å². The van der Waals surface area contributed by atoms with Gasteiger partial charge >= 0.3 is 0 Å². The third-order valence-electron chi connectivity index (χ3n) is 5.88. The van der Waals surface area contributed by atoms with E-state index in [9.17, 15) is 9.59 Å². The predicted octanol–water partition coefficient (Wildman–Crippen LogP) is 3.98. The van der Waals surface area contributed by atoms with Gasteiger partial charge in [0, 0.05) is 24.7 Å². The summed E-state index contributed by atoms with van der Waals surface area (Å²) >= 11 is 0. The summed E-state index contributed by atoms with van der Waals surface area (Å²) in [6.07, 6.45) is 3.77. The Balaban J connectivity index is 1.38. The van der Waals surface area contributed by atoms with E-state index in [0.29, 0.717) is 38.0 Å². The van der Waals surface area contributed by atoms with Crippen LogP contribution in [0.1, 0.15) is 41.4 Å². The van der Waals surface area contributed by atoms with Gasteiger partial charge in [-0.05, 0) is 37.0 Å². The lowest BCUT2D eigenvalue weighted by Crippen LogP contribution is -2.41. The third-order valence-corrected chi connectivity index (χ3v) is 5.88. The zero-order valence-corrected chi connectivity index (χ0v) is 17.8. The summed E-state index contributed by atoms with van der Waals surface area (Å²) in [5.74, 6) is -0.0305. The number of para-hydroxylation sites is 1. The first-order chi connectivity index (χ1) is 15.2. The standard InChI is InChI=1S/C25H28N4O2/c1-2-23-22(17-26-29(23)18-19-9-5-3-6-10-19)25(31)28-15-13-20(14-16-28)24(30)27-21-11-7-4-8-12-21/h3-12,17,20H,2,13-16,18H2,1H3,(H,27,30). The van der Waals surface area contributed by atoms with Gasteiger partial charge in [0.15, 0.2) is 0 Å². The van der Waals surface area contributed by atoms with E-state index < -0.39 is 0 Å². The first-order valence-corrected chi connectivity index (χ1v) is 10.9. The van der Waals surface area contributed by atoms with E-state index in [1.165, 1.54) is 0 Å². The molecule has 0 saturated carbocycles. The zero-order valence-electron chi connectivity index (χ0n) is 17.8. The Labute approximate surface area is 182 Å². The summed E-state index contributed by atoms with van der Waals surface area (Å²) in [5.41, 5.74) is 3.59. The molecule has 0 spiro atoms. The van der Waals surface area contributed by atoms with Crippen molar-refractivity contribution in [3.63, 3.8) is 0 Å². The van der Waals surface area contributed by atoms with E-state index in [1.807, 2.05) is 58.1 Å². The Kier molecular flexibility index (Phi) is 6.46. The second-order valence-electron chi connectivity index (χ2n) is 7.92. The minimum Gasteiger partial charge on any atom is -0.338 e. The van der Waals surface area contributed by atoms with E-state index in [1.54, 1.807) is 6.20 Å². The summed E-state index contributed by atoms with van der Waals surface area (Å²) in [6.45, 7) is 3.87. The van der Waals surface area contributed by atoms with Gasteiger partial charge in [-0.25, -0.2) is 0 Å². The fourth-order valence-electron chi connectivity index (χ4n) is 4.14. The van der Waals surface area contributed by atoms with Gasteiger partial charge in [-0.15, -0.1) is 0 Å². The van der Waals surface area contributed by atoms with Crippen LogP contribution in [0, 0.1) is 5.92 Å². The van der Waals surface area contributed by atoms with E-state index >= 15 is 0 Å². The largest absolute Gasteiger partial charge is 0.338 e. The quantitative estimate of drug-likeness (QED) is 0.661. The molecule has 0 aliphatic carbocycles. The molecule has 2 heterocycles. The molecular weight excluding hydrogens is 388 g/mol. The molecule has 0 radical (unpaired) electrons. The monoisotopic (exact) mass is 416 g/mol. The summed E-state index contributed by atoms with van der Waals surface area (Å²) in [5, 5.41) is 7.47. The molecule has 4 rings (SSSR count). The molecule has 0 atom stereocenters. The van der Waals surface area contributed by atoms with Crippen molar-refractivity contribution in [2.75, 3.05) is 18.4 Å². The average molecular weight is 417 g/mol. The van der Waals surface area contributed by atoms with Crippen molar-refractivity contribution in [1.29, 1.82) is 0 Å². The van der Waals surface area contributed by atoms with Crippen molar-refractivity contribution in [3.8, 4) is 0 Å². The number of amides is 2. The second-order valence-corrected chi connectivity index (χ2v) is 7.92. The Morgan fingerprint density at radius 3 is 2.29 bits per heavy atom. The van der Waals surface area contributed by atoms with Crippen LogP contribution in [-0.2, 0) is 17.8 Å². The lowest BCUT2D eigenvalue weighted by atomic mass is 9.95. The van der Waals surface area contributed by atoms with E-state index in [0.717, 1.165) is 23.4 Å². The van der Waals surface area contributed by atoms with Crippen LogP contribution in [-0.4, -0.2) is 39.6 Å². The van der Waals surface area contributed by atoms with Gasteiger partial charge in [-0.3, -0.25) is 14.3 Å². The Morgan fingerprint density at radius 1 is 1.00 bits per heavy atom. The molecule has 1 N–H and O–H groups in total. The van der Waals surface area contributed by atoms with Crippen LogP contribution in [0.2, 0.25) is 0 Å². The number of nitrogens with one attached hydrogen (secondary N) is 1. The molecule has 1 aliphatic rings. The van der Waals surface area contributed by atoms with Crippen LogP contribution in [0.3, 0.4) is 0 Å². The molecule has 1 aliphatic heterocycles. The molecule has 6 nitrogen and oxygen atoms in total. The third kappa shape index (κ3) is 4.85. The predicted molar refractivity (Wildman–Crippen MR) is 121 cm³/mol. The molecule has 3 aromatic rings. The van der Waals surface area contributed by atoms with Crippen LogP contribution in [0.25, 0.3) is 0 Å². The van der Waals surface area contributed by atoms with Gasteiger partial charge in [-0.2, -0.15) is 5.10 Å². The number of benzene rings is 2. The van der Waals surface area contributed by atoms with Crippen LogP contribution < -0.4 is 5.32 Å². The molecule has 0 unspecified atom stereocenters. The van der Waals surface area contributed by atoms with Gasteiger partial charge in [0.05, 0.1) is 24.0 Å². The van der Waals surface area contributed by atoms with Gasteiger partial charge in [-0.1, -0.05) is 55.5 Å². The number of likely N-dealkylation sites (tertiary alicyclic amines) is 1. The highest BCUT2D eigenvalue weighted by atomic mass is 16.2. The number of piperidine rings is 1. The maximum atomic E-state index is 13.2. The Hall–Kier alpha value is -3.41. The number of nitrogens with zero attached hydrogens (tertiary/aromatic N) is 3. The molecule has 1 saturated heterocycles. The number of rotatable bonds is 6. The zero-order chi connectivity index (χ0) is 21.6. The summed E-state index contributed by atoms with van der Waals surface area (Å²) < 4.78 is 1.92. The number of carbonyl (C=O) groups is 2. The highest BCUT2D eigenvalue weighted by Crippen LogP contribution is 2.22. The molecule has 2 aromatic carbocycles. The summed E-state index contributed by atoms with van der Waals surface area (Å²) in [4.78, 5) is 27.6. The lowest BCUT2D eigenvalue weighted by Gasteiger charge is -2.31. The van der Waals surface area contributed by atoms with Crippen molar-refractivity contribution < 1.29 is 9.59 Å². The van der Waals surface area contributed by atoms with Gasteiger partial charge in [0.25, 0.3) is 5.91 Å². The highest BCUT2D eigenvalue weighted by Gasteiger charge is 2.29. The molecule has 1 aromatic heterocycles. The Bertz CT molecular complexity index is 1020. The Morgan fingerprint density at radius 2 is 1.65 bits per heavy atom. The number of hydrogen-bond acceptors (Lipinski definition) is 3. The van der Waals surface area contributed by atoms with E-state index in [4.69, 9.17) is 0 Å². The first kappa shape index (κ1) is 20.8. The fourth-order valence-corrected chi connectivity index (χ4v) is 4.14. The average Bonchev–Trinajstić information content (AvgIpc) is 3.22. The number of carbonyl (C=O) groups excluding carboxylic acids is 2. The van der Waals surface area contributed by atoms with Crippen molar-refractivity contribution in [2.24, 2.45) is 5.92 Å². The summed E-state index contributed by atoms with van der Waals surface area (Å²) in [7, 11) is 0. The maximum absolute atomic E-state index is 13.2. The van der Waals surface area contributed by atoms with Crippen LogP contribution >= 0.6 is 0 Å². The molecule has 31 heavy (non-hydrogen) atoms. The SMILES string of the molecule is CCc1c(C(=O)N2CCC(C(=O)Nc3ccccc3)CC2)cnn1Cc1ccccc1. The number of aromatic nitrogens is 2. The smallest absolute Gasteiger partial charge is 0.257 e. The van der Waals surface area contributed by atoms with Crippen molar-refractivity contribution in [3.05, 3.63) is 83.7 Å². The molecule has 0 bridgehead atoms. The molecular formula is C25H28N4O2. The van der Waals surface area contributed by atoms with Crippen LogP contribution in [0.15, 0.2) is 66.9 Å². The van der Waals surface area contributed by atoms with E-state index in [-0.39, 0.29) is 17.7 Å². The number of hydrogen-bond donors (Lipinski definition) is 1. The summed E-state index contributed by atoms with van der Waals surface area (Å²) in [6, 6.07) is 19.6. The minimum absolute atomic E-state index is 0.0121. The normalized spacial score (nSPS) is 14.4.